The Morgan fingerprint density at radius 3 is 2.44 bits per heavy atom. The van der Waals surface area contributed by atoms with Gasteiger partial charge in [0.2, 0.25) is 0 Å². The van der Waals surface area contributed by atoms with Crippen molar-refractivity contribution in [3.63, 3.8) is 0 Å². The number of nitro groups is 1. The van der Waals surface area contributed by atoms with Crippen LogP contribution in [0, 0.1) is 16.0 Å². The summed E-state index contributed by atoms with van der Waals surface area (Å²) < 4.78 is 0. The maximum Gasteiger partial charge on any atom is 0.271 e. The van der Waals surface area contributed by atoms with Crippen molar-refractivity contribution in [2.24, 2.45) is 11.8 Å². The molecule has 1 aromatic carbocycles. The van der Waals surface area contributed by atoms with Crippen LogP contribution in [0.1, 0.15) is 26.7 Å². The van der Waals surface area contributed by atoms with Gasteiger partial charge in [-0.05, 0) is 12.0 Å². The van der Waals surface area contributed by atoms with E-state index in [-0.39, 0.29) is 5.69 Å². The summed E-state index contributed by atoms with van der Waals surface area (Å²) in [5.74, 6) is 6.45. The number of hydrogen-bond acceptors (Lipinski definition) is 5. The van der Waals surface area contributed by atoms with Crippen LogP contribution in [0.25, 0.3) is 0 Å². The van der Waals surface area contributed by atoms with Gasteiger partial charge in [-0.25, -0.2) is 5.84 Å². The van der Waals surface area contributed by atoms with Gasteiger partial charge in [-0.2, -0.15) is 0 Å². The third-order valence-corrected chi connectivity index (χ3v) is 3.14. The highest BCUT2D eigenvalue weighted by Crippen LogP contribution is 2.27. The second-order valence-electron chi connectivity index (χ2n) is 4.34. The Morgan fingerprint density at radius 1 is 1.39 bits per heavy atom. The summed E-state index contributed by atoms with van der Waals surface area (Å²) in [7, 11) is 0. The van der Waals surface area contributed by atoms with Gasteiger partial charge in [-0.15, -0.1) is 0 Å². The molecule has 0 amide bonds. The molecule has 0 spiro atoms. The van der Waals surface area contributed by atoms with Crippen LogP contribution in [0.3, 0.4) is 0 Å². The van der Waals surface area contributed by atoms with Crippen LogP contribution in [0.2, 0.25) is 0 Å². The molecule has 0 aliphatic rings. The fraction of sp³-hybridized carbons (Fsp3) is 0.500. The highest BCUT2D eigenvalue weighted by Gasteiger charge is 2.14. The van der Waals surface area contributed by atoms with Crippen LogP contribution in [-0.2, 0) is 0 Å². The second-order valence-corrected chi connectivity index (χ2v) is 4.34. The number of nitro benzene ring substituents is 1. The lowest BCUT2D eigenvalue weighted by Gasteiger charge is -2.24. The Hall–Kier alpha value is -1.82. The van der Waals surface area contributed by atoms with Crippen LogP contribution in [-0.4, -0.2) is 11.5 Å². The predicted molar refractivity (Wildman–Crippen MR) is 73.1 cm³/mol. The molecule has 0 atom stereocenters. The quantitative estimate of drug-likeness (QED) is 0.350. The van der Waals surface area contributed by atoms with E-state index in [0.29, 0.717) is 23.8 Å². The average Bonchev–Trinajstić information content (AvgIpc) is 2.35. The molecule has 0 heterocycles. The molecule has 0 saturated heterocycles. The monoisotopic (exact) mass is 252 g/mol. The van der Waals surface area contributed by atoms with Crippen molar-refractivity contribution < 1.29 is 4.92 Å². The van der Waals surface area contributed by atoms with Crippen molar-refractivity contribution in [1.29, 1.82) is 0 Å². The van der Waals surface area contributed by atoms with Crippen LogP contribution in [0.15, 0.2) is 18.2 Å². The molecule has 0 aromatic heterocycles. The van der Waals surface area contributed by atoms with Gasteiger partial charge in [-0.3, -0.25) is 10.1 Å². The van der Waals surface area contributed by atoms with E-state index in [2.05, 4.69) is 13.8 Å². The van der Waals surface area contributed by atoms with Crippen molar-refractivity contribution in [2.75, 3.05) is 17.3 Å². The molecule has 0 bridgehead atoms. The zero-order valence-electron chi connectivity index (χ0n) is 10.8. The fourth-order valence-electron chi connectivity index (χ4n) is 1.84. The number of anilines is 2. The predicted octanol–water partition coefficient (Wildman–Crippen LogP) is 2.29. The normalized spacial score (nSPS) is 10.7. The first-order chi connectivity index (χ1) is 8.49. The molecule has 0 aliphatic carbocycles. The summed E-state index contributed by atoms with van der Waals surface area (Å²) in [5.41, 5.74) is 6.73. The number of nitrogens with zero attached hydrogens (tertiary/aromatic N) is 2. The summed E-state index contributed by atoms with van der Waals surface area (Å²) in [6, 6.07) is 4.34. The van der Waals surface area contributed by atoms with Gasteiger partial charge >= 0.3 is 0 Å². The minimum Gasteiger partial charge on any atom is -0.397 e. The van der Waals surface area contributed by atoms with E-state index in [1.54, 1.807) is 11.1 Å². The summed E-state index contributed by atoms with van der Waals surface area (Å²) in [5, 5.41) is 12.2. The highest BCUT2D eigenvalue weighted by molar-refractivity contribution is 5.70. The molecule has 18 heavy (non-hydrogen) atoms. The van der Waals surface area contributed by atoms with E-state index >= 15 is 0 Å². The third-order valence-electron chi connectivity index (χ3n) is 3.14. The third kappa shape index (κ3) is 3.33. The van der Waals surface area contributed by atoms with Crippen LogP contribution < -0.4 is 16.6 Å². The fourth-order valence-corrected chi connectivity index (χ4v) is 1.84. The number of rotatable bonds is 6. The molecule has 4 N–H and O–H groups in total. The zero-order valence-corrected chi connectivity index (χ0v) is 10.8. The summed E-state index contributed by atoms with van der Waals surface area (Å²) in [4.78, 5) is 10.1. The van der Waals surface area contributed by atoms with E-state index in [4.69, 9.17) is 11.6 Å². The van der Waals surface area contributed by atoms with E-state index in [1.165, 1.54) is 12.1 Å². The Kier molecular flexibility index (Phi) is 4.91. The van der Waals surface area contributed by atoms with Crippen molar-refractivity contribution >= 4 is 17.1 Å². The first-order valence-corrected chi connectivity index (χ1v) is 6.05. The number of hydrogen-bond donors (Lipinski definition) is 2. The Bertz CT molecular complexity index is 419. The largest absolute Gasteiger partial charge is 0.397 e. The number of nitrogens with two attached hydrogens (primary N) is 2. The lowest BCUT2D eigenvalue weighted by atomic mass is 10.0. The molecule has 1 aromatic rings. The molecule has 6 heteroatoms. The lowest BCUT2D eigenvalue weighted by Crippen LogP contribution is -2.36. The molecule has 0 radical (unpaired) electrons. The maximum absolute atomic E-state index is 10.6. The van der Waals surface area contributed by atoms with E-state index < -0.39 is 4.92 Å². The Labute approximate surface area is 107 Å². The van der Waals surface area contributed by atoms with Crippen LogP contribution in [0.5, 0.6) is 0 Å². The van der Waals surface area contributed by atoms with Gasteiger partial charge in [0.1, 0.15) is 0 Å². The van der Waals surface area contributed by atoms with E-state index in [9.17, 15) is 10.1 Å². The van der Waals surface area contributed by atoms with E-state index in [1.807, 2.05) is 0 Å². The number of hydrazine groups is 1. The Balaban J connectivity index is 2.86. The van der Waals surface area contributed by atoms with Crippen molar-refractivity contribution in [3.05, 3.63) is 28.3 Å². The molecule has 0 fully saturated rings. The van der Waals surface area contributed by atoms with Crippen LogP contribution >= 0.6 is 0 Å². The summed E-state index contributed by atoms with van der Waals surface area (Å²) in [6.07, 6.45) is 2.08. The molecule has 6 nitrogen and oxygen atoms in total. The van der Waals surface area contributed by atoms with E-state index in [0.717, 1.165) is 12.8 Å². The van der Waals surface area contributed by atoms with Gasteiger partial charge in [0.25, 0.3) is 5.69 Å². The van der Waals surface area contributed by atoms with Gasteiger partial charge in [-0.1, -0.05) is 26.7 Å². The van der Waals surface area contributed by atoms with Gasteiger partial charge < -0.3 is 10.7 Å². The first kappa shape index (κ1) is 14.2. The van der Waals surface area contributed by atoms with Gasteiger partial charge in [0.15, 0.2) is 0 Å². The minimum absolute atomic E-state index is 0.0211. The van der Waals surface area contributed by atoms with Crippen molar-refractivity contribution in [1.82, 2.24) is 0 Å². The molecule has 1 rings (SSSR count). The van der Waals surface area contributed by atoms with Crippen LogP contribution in [0.4, 0.5) is 17.1 Å². The standard InChI is InChI=1S/C12H20N4O2/c1-3-9(4-2)8-15(14)12-6-5-10(16(17)18)7-11(12)13/h5-7,9H,3-4,8,13-14H2,1-2H3. The molecular formula is C12H20N4O2. The van der Waals surface area contributed by atoms with Crippen molar-refractivity contribution in [3.8, 4) is 0 Å². The summed E-state index contributed by atoms with van der Waals surface area (Å²) in [6.45, 7) is 4.91. The average molecular weight is 252 g/mol. The van der Waals surface area contributed by atoms with Gasteiger partial charge in [0.05, 0.1) is 16.3 Å². The molecule has 100 valence electrons. The number of non-ortho nitro benzene ring substituents is 1. The summed E-state index contributed by atoms with van der Waals surface area (Å²) >= 11 is 0. The van der Waals surface area contributed by atoms with Gasteiger partial charge in [0, 0.05) is 18.7 Å². The second kappa shape index (κ2) is 6.20. The molecule has 0 unspecified atom stereocenters. The molecular weight excluding hydrogens is 232 g/mol. The molecule has 0 aliphatic heterocycles. The topological polar surface area (TPSA) is 98.4 Å². The lowest BCUT2D eigenvalue weighted by molar-refractivity contribution is -0.384. The first-order valence-electron chi connectivity index (χ1n) is 6.05. The Morgan fingerprint density at radius 2 is 2.00 bits per heavy atom. The SMILES string of the molecule is CCC(CC)CN(N)c1ccc([N+](=O)[O-])cc1N. The smallest absolute Gasteiger partial charge is 0.271 e. The van der Waals surface area contributed by atoms with Crippen molar-refractivity contribution in [2.45, 2.75) is 26.7 Å². The minimum atomic E-state index is -0.470. The highest BCUT2D eigenvalue weighted by atomic mass is 16.6. The number of nitrogen functional groups attached to an aromatic ring is 1. The number of benzene rings is 1. The zero-order chi connectivity index (χ0) is 13.7. The maximum atomic E-state index is 10.6. The molecule has 0 saturated carbocycles.